The average molecular weight is 417 g/mol. The van der Waals surface area contributed by atoms with Crippen molar-refractivity contribution in [2.75, 3.05) is 19.5 Å². The van der Waals surface area contributed by atoms with Crippen molar-refractivity contribution in [3.8, 4) is 22.8 Å². The van der Waals surface area contributed by atoms with Crippen LogP contribution >= 0.6 is 0 Å². The van der Waals surface area contributed by atoms with Crippen LogP contribution in [0.2, 0.25) is 0 Å². The van der Waals surface area contributed by atoms with Gasteiger partial charge >= 0.3 is 0 Å². The average Bonchev–Trinajstić information content (AvgIpc) is 3.27. The lowest BCUT2D eigenvalue weighted by Crippen LogP contribution is -2.29. The molecule has 0 unspecified atom stereocenters. The number of aryl methyl sites for hydroxylation is 1. The van der Waals surface area contributed by atoms with Gasteiger partial charge in [-0.2, -0.15) is 9.78 Å². The molecule has 5 rings (SSSR count). The standard InChI is InChI=1S/C21H19N7O3/c1-11-4-6-12(7-5-11)17-16-18(20(29)24-23-17)22-21-25-26-27-28(21)19(16)14-10-13(30-2)8-9-15(14)31-3/h4-10,19H,1-3H3,(H,24,29)(H,22,25,27)/t19-/m0/s1. The van der Waals surface area contributed by atoms with Gasteiger partial charge < -0.3 is 14.8 Å². The first kappa shape index (κ1) is 18.8. The van der Waals surface area contributed by atoms with Crippen LogP contribution in [0.25, 0.3) is 11.3 Å². The quantitative estimate of drug-likeness (QED) is 0.458. The van der Waals surface area contributed by atoms with E-state index in [4.69, 9.17) is 9.47 Å². The number of tetrazole rings is 1. The Hall–Kier alpha value is -4.21. The summed E-state index contributed by atoms with van der Waals surface area (Å²) >= 11 is 0. The van der Waals surface area contributed by atoms with Gasteiger partial charge in [0.1, 0.15) is 23.2 Å². The van der Waals surface area contributed by atoms with Crippen LogP contribution in [-0.2, 0) is 0 Å². The fraction of sp³-hybridized carbons (Fsp3) is 0.190. The Kier molecular flexibility index (Phi) is 4.39. The first-order chi connectivity index (χ1) is 15.1. The van der Waals surface area contributed by atoms with Gasteiger partial charge in [0, 0.05) is 16.7 Å². The molecule has 0 fully saturated rings. The number of nitrogens with one attached hydrogen (secondary N) is 2. The summed E-state index contributed by atoms with van der Waals surface area (Å²) in [5.41, 5.74) is 3.92. The Balaban J connectivity index is 1.84. The SMILES string of the molecule is COc1ccc(OC)c([C@H]2c3c(-c4ccc(C)cc4)n[nH]c(=O)c3Nc3nnnn32)c1. The van der Waals surface area contributed by atoms with Crippen LogP contribution in [-0.4, -0.2) is 44.6 Å². The topological polar surface area (TPSA) is 120 Å². The van der Waals surface area contributed by atoms with Crippen molar-refractivity contribution >= 4 is 11.6 Å². The molecular formula is C21H19N7O3. The van der Waals surface area contributed by atoms with Crippen molar-refractivity contribution in [2.45, 2.75) is 13.0 Å². The Morgan fingerprint density at radius 2 is 1.87 bits per heavy atom. The molecule has 1 aliphatic rings. The molecule has 156 valence electrons. The van der Waals surface area contributed by atoms with Crippen molar-refractivity contribution < 1.29 is 9.47 Å². The molecule has 10 nitrogen and oxygen atoms in total. The maximum Gasteiger partial charge on any atom is 0.288 e. The number of ether oxygens (including phenoxy) is 2. The highest BCUT2D eigenvalue weighted by atomic mass is 16.5. The van der Waals surface area contributed by atoms with Crippen molar-refractivity contribution in [1.82, 2.24) is 30.4 Å². The van der Waals surface area contributed by atoms with Crippen LogP contribution in [0.3, 0.4) is 0 Å². The predicted molar refractivity (Wildman–Crippen MR) is 113 cm³/mol. The molecule has 0 aliphatic carbocycles. The minimum atomic E-state index is -0.572. The highest BCUT2D eigenvalue weighted by molar-refractivity contribution is 5.76. The molecule has 4 aromatic rings. The third-order valence-corrected chi connectivity index (χ3v) is 5.32. The van der Waals surface area contributed by atoms with E-state index < -0.39 is 6.04 Å². The second-order valence-electron chi connectivity index (χ2n) is 7.14. The lowest BCUT2D eigenvalue weighted by molar-refractivity contribution is 0.392. The fourth-order valence-electron chi connectivity index (χ4n) is 3.81. The van der Waals surface area contributed by atoms with Crippen molar-refractivity contribution in [3.63, 3.8) is 0 Å². The number of H-pyrrole nitrogens is 1. The number of hydrogen-bond donors (Lipinski definition) is 2. The maximum absolute atomic E-state index is 12.8. The number of anilines is 2. The monoisotopic (exact) mass is 417 g/mol. The molecular weight excluding hydrogens is 398 g/mol. The predicted octanol–water partition coefficient (Wildman–Crippen LogP) is 2.44. The van der Waals surface area contributed by atoms with Crippen LogP contribution in [0.4, 0.5) is 11.6 Å². The second kappa shape index (κ2) is 7.24. The number of fused-ring (bicyclic) bond motifs is 2. The smallest absolute Gasteiger partial charge is 0.288 e. The first-order valence-electron chi connectivity index (χ1n) is 9.57. The summed E-state index contributed by atoms with van der Waals surface area (Å²) in [7, 11) is 3.18. The van der Waals surface area contributed by atoms with Crippen molar-refractivity contribution in [1.29, 1.82) is 0 Å². The number of methoxy groups -OCH3 is 2. The van der Waals surface area contributed by atoms with Crippen LogP contribution in [0, 0.1) is 6.92 Å². The number of aromatic nitrogens is 6. The van der Waals surface area contributed by atoms with Gasteiger partial charge in [-0.3, -0.25) is 4.79 Å². The Morgan fingerprint density at radius 1 is 1.06 bits per heavy atom. The second-order valence-corrected chi connectivity index (χ2v) is 7.14. The van der Waals surface area contributed by atoms with Gasteiger partial charge in [0.2, 0.25) is 5.95 Å². The van der Waals surface area contributed by atoms with E-state index in [1.165, 1.54) is 0 Å². The zero-order valence-corrected chi connectivity index (χ0v) is 17.1. The van der Waals surface area contributed by atoms with Crippen molar-refractivity contribution in [3.05, 3.63) is 69.5 Å². The molecule has 0 radical (unpaired) electrons. The van der Waals surface area contributed by atoms with Gasteiger partial charge in [-0.1, -0.05) is 34.9 Å². The van der Waals surface area contributed by atoms with Crippen LogP contribution in [0.1, 0.15) is 22.7 Å². The van der Waals surface area contributed by atoms with E-state index in [1.54, 1.807) is 18.9 Å². The summed E-state index contributed by atoms with van der Waals surface area (Å²) in [5.74, 6) is 1.59. The molecule has 1 atom stereocenters. The maximum atomic E-state index is 12.8. The zero-order chi connectivity index (χ0) is 21.5. The summed E-state index contributed by atoms with van der Waals surface area (Å²) < 4.78 is 12.7. The van der Waals surface area contributed by atoms with E-state index in [2.05, 4.69) is 31.0 Å². The molecule has 2 aromatic heterocycles. The van der Waals surface area contributed by atoms with E-state index in [0.29, 0.717) is 34.4 Å². The Morgan fingerprint density at radius 3 is 2.61 bits per heavy atom. The summed E-state index contributed by atoms with van der Waals surface area (Å²) in [6, 6.07) is 12.8. The van der Waals surface area contributed by atoms with Crippen LogP contribution in [0.5, 0.6) is 11.5 Å². The van der Waals surface area contributed by atoms with Crippen LogP contribution in [0.15, 0.2) is 47.3 Å². The largest absolute Gasteiger partial charge is 0.497 e. The summed E-state index contributed by atoms with van der Waals surface area (Å²) in [4.78, 5) is 12.8. The highest BCUT2D eigenvalue weighted by Crippen LogP contribution is 2.44. The van der Waals surface area contributed by atoms with E-state index in [0.717, 1.165) is 16.7 Å². The molecule has 0 amide bonds. The third-order valence-electron chi connectivity index (χ3n) is 5.32. The minimum absolute atomic E-state index is 0.336. The molecule has 0 saturated heterocycles. The molecule has 1 aliphatic heterocycles. The molecule has 2 aromatic carbocycles. The number of nitrogens with zero attached hydrogens (tertiary/aromatic N) is 5. The van der Waals surface area contributed by atoms with E-state index >= 15 is 0 Å². The summed E-state index contributed by atoms with van der Waals surface area (Å²) in [6.45, 7) is 2.01. The lowest BCUT2D eigenvalue weighted by atomic mass is 9.91. The highest BCUT2D eigenvalue weighted by Gasteiger charge is 2.36. The molecule has 31 heavy (non-hydrogen) atoms. The van der Waals surface area contributed by atoms with Gasteiger partial charge in [0.15, 0.2) is 0 Å². The van der Waals surface area contributed by atoms with Gasteiger partial charge in [-0.05, 0) is 35.5 Å². The molecule has 0 spiro atoms. The van der Waals surface area contributed by atoms with E-state index in [9.17, 15) is 4.79 Å². The molecule has 0 saturated carbocycles. The molecule has 10 heteroatoms. The zero-order valence-electron chi connectivity index (χ0n) is 17.1. The number of aromatic amines is 1. The van der Waals surface area contributed by atoms with Gasteiger partial charge in [0.05, 0.1) is 19.9 Å². The Labute approximate surface area is 176 Å². The molecule has 2 N–H and O–H groups in total. The number of benzene rings is 2. The normalized spacial score (nSPS) is 14.4. The van der Waals surface area contributed by atoms with Gasteiger partial charge in [-0.15, -0.1) is 0 Å². The summed E-state index contributed by atoms with van der Waals surface area (Å²) in [5, 5.41) is 22.0. The van der Waals surface area contributed by atoms with Crippen LogP contribution < -0.4 is 20.3 Å². The molecule has 3 heterocycles. The fourth-order valence-corrected chi connectivity index (χ4v) is 3.81. The number of hydrogen-bond acceptors (Lipinski definition) is 8. The lowest BCUT2D eigenvalue weighted by Gasteiger charge is -2.29. The first-order valence-corrected chi connectivity index (χ1v) is 9.57. The van der Waals surface area contributed by atoms with E-state index in [-0.39, 0.29) is 5.56 Å². The Bertz CT molecular complexity index is 1330. The molecule has 0 bridgehead atoms. The van der Waals surface area contributed by atoms with Gasteiger partial charge in [0.25, 0.3) is 5.56 Å². The van der Waals surface area contributed by atoms with Crippen molar-refractivity contribution in [2.24, 2.45) is 0 Å². The van der Waals surface area contributed by atoms with E-state index in [1.807, 2.05) is 49.4 Å². The van der Waals surface area contributed by atoms with Gasteiger partial charge in [-0.25, -0.2) is 5.10 Å². The minimum Gasteiger partial charge on any atom is -0.497 e. The summed E-state index contributed by atoms with van der Waals surface area (Å²) in [6.07, 6.45) is 0. The number of rotatable bonds is 4. The third kappa shape index (κ3) is 3.00.